The van der Waals surface area contributed by atoms with Crippen LogP contribution < -0.4 is 5.32 Å². The van der Waals surface area contributed by atoms with Crippen LogP contribution >= 0.6 is 0 Å². The summed E-state index contributed by atoms with van der Waals surface area (Å²) in [6.45, 7) is 2.83. The summed E-state index contributed by atoms with van der Waals surface area (Å²) < 4.78 is 5.01. The van der Waals surface area contributed by atoms with Gasteiger partial charge in [0.1, 0.15) is 0 Å². The van der Waals surface area contributed by atoms with Crippen LogP contribution in [0.1, 0.15) is 35.9 Å². The van der Waals surface area contributed by atoms with Gasteiger partial charge in [-0.3, -0.25) is 9.59 Å². The van der Waals surface area contributed by atoms with Crippen molar-refractivity contribution in [2.24, 2.45) is 0 Å². The van der Waals surface area contributed by atoms with Crippen molar-refractivity contribution in [1.29, 1.82) is 0 Å². The Balaban J connectivity index is 1.97. The second-order valence-corrected chi connectivity index (χ2v) is 5.52. The quantitative estimate of drug-likeness (QED) is 0.622. The molecule has 0 saturated heterocycles. The Hall–Kier alpha value is -2.99. The van der Waals surface area contributed by atoms with Gasteiger partial charge in [-0.05, 0) is 31.5 Å². The Bertz CT molecular complexity index is 772. The molecule has 1 amide bonds. The van der Waals surface area contributed by atoms with E-state index in [-0.39, 0.29) is 5.78 Å². The zero-order valence-corrected chi connectivity index (χ0v) is 13.9. The molecule has 2 atom stereocenters. The van der Waals surface area contributed by atoms with Gasteiger partial charge < -0.3 is 15.2 Å². The molecule has 0 heterocycles. The van der Waals surface area contributed by atoms with Crippen LogP contribution in [0, 0.1) is 0 Å². The van der Waals surface area contributed by atoms with E-state index in [9.17, 15) is 19.5 Å². The largest absolute Gasteiger partial charge is 0.450 e. The molecule has 2 aromatic carbocycles. The first-order valence-electron chi connectivity index (χ1n) is 7.74. The minimum absolute atomic E-state index is 0.124. The highest BCUT2D eigenvalue weighted by Gasteiger charge is 2.24. The molecule has 6 nitrogen and oxygen atoms in total. The van der Waals surface area contributed by atoms with Crippen LogP contribution in [-0.4, -0.2) is 28.9 Å². The van der Waals surface area contributed by atoms with E-state index in [1.54, 1.807) is 48.5 Å². The van der Waals surface area contributed by atoms with Crippen LogP contribution in [0.25, 0.3) is 0 Å². The lowest BCUT2D eigenvalue weighted by atomic mass is 10.1. The van der Waals surface area contributed by atoms with Gasteiger partial charge in [0.2, 0.25) is 0 Å². The third kappa shape index (κ3) is 4.99. The highest BCUT2D eigenvalue weighted by Crippen LogP contribution is 2.16. The first kappa shape index (κ1) is 18.4. The van der Waals surface area contributed by atoms with Gasteiger partial charge in [-0.1, -0.05) is 42.5 Å². The van der Waals surface area contributed by atoms with Crippen molar-refractivity contribution in [3.63, 3.8) is 0 Å². The number of nitrogens with one attached hydrogen (secondary N) is 1. The minimum atomic E-state index is -1.46. The van der Waals surface area contributed by atoms with E-state index in [4.69, 9.17) is 4.74 Å². The maximum atomic E-state index is 12.1. The molecule has 0 aromatic heterocycles. The third-order valence-corrected chi connectivity index (χ3v) is 3.54. The van der Waals surface area contributed by atoms with Gasteiger partial charge in [0.25, 0.3) is 5.91 Å². The van der Waals surface area contributed by atoms with Gasteiger partial charge in [-0.2, -0.15) is 0 Å². The summed E-state index contributed by atoms with van der Waals surface area (Å²) in [5, 5.41) is 12.5. The van der Waals surface area contributed by atoms with Crippen molar-refractivity contribution in [2.75, 3.05) is 5.32 Å². The van der Waals surface area contributed by atoms with Gasteiger partial charge in [-0.25, -0.2) is 4.79 Å². The number of Topliss-reactive ketones (excluding diaryl/α,β-unsaturated/α-hetero) is 1. The Morgan fingerprint density at radius 3 is 2.36 bits per heavy atom. The van der Waals surface area contributed by atoms with Crippen LogP contribution in [0.2, 0.25) is 0 Å². The summed E-state index contributed by atoms with van der Waals surface area (Å²) >= 11 is 0. The molecular weight excluding hydrogens is 322 g/mol. The number of carbonyl (C=O) groups excluding carboxylic acids is 3. The second kappa shape index (κ2) is 8.21. The summed E-state index contributed by atoms with van der Waals surface area (Å²) in [5.74, 6) is -1.60. The number of ether oxygens (including phenoxy) is 1. The van der Waals surface area contributed by atoms with Crippen LogP contribution in [0.4, 0.5) is 5.69 Å². The Kier molecular flexibility index (Phi) is 6.03. The Labute approximate surface area is 145 Å². The number of aliphatic hydroxyl groups excluding tert-OH is 1. The Morgan fingerprint density at radius 2 is 1.72 bits per heavy atom. The molecule has 25 heavy (non-hydrogen) atoms. The number of amides is 1. The fourth-order valence-corrected chi connectivity index (χ4v) is 2.12. The predicted octanol–water partition coefficient (Wildman–Crippen LogP) is 2.49. The number of carbonyl (C=O) groups is 3. The molecule has 0 saturated carbocycles. The topological polar surface area (TPSA) is 92.7 Å². The summed E-state index contributed by atoms with van der Waals surface area (Å²) in [4.78, 5) is 35.5. The van der Waals surface area contributed by atoms with E-state index in [0.29, 0.717) is 16.8 Å². The molecule has 0 bridgehead atoms. The van der Waals surface area contributed by atoms with Crippen LogP contribution in [-0.2, 0) is 14.3 Å². The van der Waals surface area contributed by atoms with Gasteiger partial charge in [0.05, 0.1) is 0 Å². The maximum Gasteiger partial charge on any atom is 0.340 e. The molecule has 130 valence electrons. The zero-order chi connectivity index (χ0) is 18.4. The van der Waals surface area contributed by atoms with Crippen molar-refractivity contribution in [3.8, 4) is 0 Å². The molecule has 0 aliphatic heterocycles. The van der Waals surface area contributed by atoms with Crippen molar-refractivity contribution in [2.45, 2.75) is 26.1 Å². The van der Waals surface area contributed by atoms with Gasteiger partial charge in [0.15, 0.2) is 18.0 Å². The van der Waals surface area contributed by atoms with Gasteiger partial charge in [0, 0.05) is 11.3 Å². The number of hydrogen-bond donors (Lipinski definition) is 2. The van der Waals surface area contributed by atoms with Crippen LogP contribution in [0.15, 0.2) is 54.6 Å². The molecule has 0 spiro atoms. The molecule has 0 radical (unpaired) electrons. The molecule has 0 unspecified atom stereocenters. The summed E-state index contributed by atoms with van der Waals surface area (Å²) in [5.41, 5.74) is 1.26. The summed E-state index contributed by atoms with van der Waals surface area (Å²) in [6.07, 6.45) is -2.57. The van der Waals surface area contributed by atoms with Crippen molar-refractivity contribution >= 4 is 23.3 Å². The lowest BCUT2D eigenvalue weighted by Crippen LogP contribution is -2.31. The number of anilines is 1. The van der Waals surface area contributed by atoms with Crippen molar-refractivity contribution in [3.05, 3.63) is 65.7 Å². The number of rotatable bonds is 6. The molecule has 0 fully saturated rings. The zero-order valence-electron chi connectivity index (χ0n) is 13.9. The standard InChI is InChI=1S/C19H19NO5/c1-12(21)15-9-6-10-16(11-15)20-18(23)13(2)25-19(24)17(22)14-7-4-3-5-8-14/h3-11,13,17,22H,1-2H3,(H,20,23)/t13-,17+/m1/s1. The first-order chi connectivity index (χ1) is 11.9. The number of benzene rings is 2. The van der Waals surface area contributed by atoms with E-state index in [0.717, 1.165) is 0 Å². The maximum absolute atomic E-state index is 12.1. The van der Waals surface area contributed by atoms with Crippen LogP contribution in [0.5, 0.6) is 0 Å². The Morgan fingerprint density at radius 1 is 1.04 bits per heavy atom. The fourth-order valence-electron chi connectivity index (χ4n) is 2.12. The molecule has 2 rings (SSSR count). The monoisotopic (exact) mass is 341 g/mol. The van der Waals surface area contributed by atoms with Crippen molar-refractivity contribution in [1.82, 2.24) is 0 Å². The lowest BCUT2D eigenvalue weighted by Gasteiger charge is -2.16. The van der Waals surface area contributed by atoms with E-state index in [1.165, 1.54) is 19.9 Å². The minimum Gasteiger partial charge on any atom is -0.450 e. The lowest BCUT2D eigenvalue weighted by molar-refractivity contribution is -0.162. The number of esters is 1. The van der Waals surface area contributed by atoms with Gasteiger partial charge in [-0.15, -0.1) is 0 Å². The first-order valence-corrected chi connectivity index (χ1v) is 7.74. The molecule has 0 aliphatic rings. The predicted molar refractivity (Wildman–Crippen MR) is 92.0 cm³/mol. The second-order valence-electron chi connectivity index (χ2n) is 5.52. The highest BCUT2D eigenvalue weighted by molar-refractivity contribution is 5.98. The fraction of sp³-hybridized carbons (Fsp3) is 0.211. The van der Waals surface area contributed by atoms with E-state index in [1.807, 2.05) is 0 Å². The average Bonchev–Trinajstić information content (AvgIpc) is 2.61. The number of hydrogen-bond acceptors (Lipinski definition) is 5. The smallest absolute Gasteiger partial charge is 0.340 e. The molecule has 0 aliphatic carbocycles. The summed E-state index contributed by atoms with van der Waals surface area (Å²) in [6, 6.07) is 14.7. The number of ketones is 1. The van der Waals surface area contributed by atoms with E-state index in [2.05, 4.69) is 5.32 Å². The molecule has 2 aromatic rings. The van der Waals surface area contributed by atoms with Crippen LogP contribution in [0.3, 0.4) is 0 Å². The SMILES string of the molecule is CC(=O)c1cccc(NC(=O)[C@@H](C)OC(=O)[C@@H](O)c2ccccc2)c1. The third-order valence-electron chi connectivity index (χ3n) is 3.54. The van der Waals surface area contributed by atoms with E-state index < -0.39 is 24.1 Å². The molecule has 2 N–H and O–H groups in total. The normalized spacial score (nSPS) is 12.8. The summed E-state index contributed by atoms with van der Waals surface area (Å²) in [7, 11) is 0. The van der Waals surface area contributed by atoms with Gasteiger partial charge >= 0.3 is 5.97 Å². The average molecular weight is 341 g/mol. The molecular formula is C19H19NO5. The number of aliphatic hydroxyl groups is 1. The van der Waals surface area contributed by atoms with E-state index >= 15 is 0 Å². The van der Waals surface area contributed by atoms with Crippen molar-refractivity contribution < 1.29 is 24.2 Å². The highest BCUT2D eigenvalue weighted by atomic mass is 16.6. The molecule has 6 heteroatoms.